The lowest BCUT2D eigenvalue weighted by molar-refractivity contribution is -0.108. The van der Waals surface area contributed by atoms with Gasteiger partial charge in [-0.25, -0.2) is 0 Å². The predicted molar refractivity (Wildman–Crippen MR) is 49.0 cm³/mol. The second-order valence-electron chi connectivity index (χ2n) is 3.51. The zero-order valence-electron chi connectivity index (χ0n) is 7.17. The van der Waals surface area contributed by atoms with Crippen LogP contribution in [0.5, 0.6) is 0 Å². The van der Waals surface area contributed by atoms with Crippen LogP contribution in [-0.2, 0) is 4.79 Å². The maximum atomic E-state index is 10.2. The van der Waals surface area contributed by atoms with E-state index in [1.165, 1.54) is 0 Å². The maximum Gasteiger partial charge on any atom is 0.133 e. The van der Waals surface area contributed by atoms with Crippen molar-refractivity contribution in [3.05, 3.63) is 0 Å². The lowest BCUT2D eigenvalue weighted by atomic mass is 10.2. The summed E-state index contributed by atoms with van der Waals surface area (Å²) in [6.07, 6.45) is 0.992. The Balaban J connectivity index is 2.39. The van der Waals surface area contributed by atoms with Gasteiger partial charge in [-0.15, -0.1) is 0 Å². The summed E-state index contributed by atoms with van der Waals surface area (Å²) in [4.78, 5) is 12.4. The number of nitrogens with zero attached hydrogens (tertiary/aromatic N) is 1. The predicted octanol–water partition coefficient (Wildman–Crippen LogP) is 1.01. The molecule has 11 heavy (non-hydrogen) atoms. The normalized spacial score (nSPS) is 24.9. The van der Waals surface area contributed by atoms with Crippen LogP contribution in [0, 0.1) is 0 Å². The fourth-order valence-electron chi connectivity index (χ4n) is 1.38. The second kappa shape index (κ2) is 3.59. The first kappa shape index (κ1) is 9.07. The Kier molecular flexibility index (Phi) is 2.96. The van der Waals surface area contributed by atoms with Gasteiger partial charge in [-0.3, -0.25) is 4.90 Å². The van der Waals surface area contributed by atoms with Crippen LogP contribution in [0.4, 0.5) is 0 Å². The van der Waals surface area contributed by atoms with E-state index in [0.29, 0.717) is 11.3 Å². The number of thioether (sulfide) groups is 1. The van der Waals surface area contributed by atoms with Crippen molar-refractivity contribution in [1.29, 1.82) is 0 Å². The van der Waals surface area contributed by atoms with Crippen LogP contribution in [0.1, 0.15) is 13.8 Å². The van der Waals surface area contributed by atoms with Gasteiger partial charge in [0, 0.05) is 23.6 Å². The highest BCUT2D eigenvalue weighted by Gasteiger charge is 2.26. The number of carbonyl (C=O) groups is 1. The van der Waals surface area contributed by atoms with Crippen LogP contribution in [0.25, 0.3) is 0 Å². The molecule has 64 valence electrons. The minimum absolute atomic E-state index is 0.335. The molecule has 0 saturated carbocycles. The quantitative estimate of drug-likeness (QED) is 0.581. The third kappa shape index (κ3) is 2.83. The molecule has 1 heterocycles. The number of hydrogen-bond acceptors (Lipinski definition) is 3. The highest BCUT2D eigenvalue weighted by Crippen LogP contribution is 2.28. The summed E-state index contributed by atoms with van der Waals surface area (Å²) in [5.41, 5.74) is 0. The monoisotopic (exact) mass is 173 g/mol. The molecule has 0 N–H and O–H groups in total. The molecule has 0 aromatic carbocycles. The van der Waals surface area contributed by atoms with Gasteiger partial charge in [0.2, 0.25) is 0 Å². The average molecular weight is 173 g/mol. The molecule has 1 aliphatic heterocycles. The van der Waals surface area contributed by atoms with Gasteiger partial charge in [0.25, 0.3) is 0 Å². The highest BCUT2D eigenvalue weighted by molar-refractivity contribution is 8.00. The van der Waals surface area contributed by atoms with E-state index < -0.39 is 0 Å². The molecule has 3 heteroatoms. The van der Waals surface area contributed by atoms with Crippen LogP contribution >= 0.6 is 11.8 Å². The van der Waals surface area contributed by atoms with Crippen molar-refractivity contribution < 1.29 is 4.79 Å². The van der Waals surface area contributed by atoms with Crippen molar-refractivity contribution in [2.75, 3.05) is 25.4 Å². The lowest BCUT2D eigenvalue weighted by Crippen LogP contribution is -2.43. The fourth-order valence-corrected chi connectivity index (χ4v) is 2.55. The Morgan fingerprint density at radius 2 is 2.36 bits per heavy atom. The van der Waals surface area contributed by atoms with E-state index in [4.69, 9.17) is 0 Å². The average Bonchev–Trinajstić information content (AvgIpc) is 1.85. The number of aldehydes is 1. The van der Waals surface area contributed by atoms with Crippen LogP contribution in [0.15, 0.2) is 0 Å². The van der Waals surface area contributed by atoms with E-state index in [2.05, 4.69) is 18.7 Å². The molecule has 2 nitrogen and oxygen atoms in total. The minimum atomic E-state index is 0.335. The van der Waals surface area contributed by atoms with Crippen LogP contribution in [-0.4, -0.2) is 41.3 Å². The first-order chi connectivity index (χ1) is 5.14. The number of hydrogen-bond donors (Lipinski definition) is 0. The molecule has 0 aromatic rings. The van der Waals surface area contributed by atoms with Crippen LogP contribution < -0.4 is 0 Å². The Morgan fingerprint density at radius 3 is 2.91 bits per heavy atom. The fraction of sp³-hybridized carbons (Fsp3) is 0.875. The number of carbonyl (C=O) groups excluding carboxylic acids is 1. The molecule has 0 aromatic heterocycles. The zero-order chi connectivity index (χ0) is 8.32. The van der Waals surface area contributed by atoms with Crippen LogP contribution in [0.2, 0.25) is 0 Å². The molecular formula is C8H15NOS. The van der Waals surface area contributed by atoms with Crippen molar-refractivity contribution in [2.45, 2.75) is 18.6 Å². The molecule has 1 fully saturated rings. The molecule has 0 amide bonds. The molecule has 0 aliphatic carbocycles. The molecule has 1 aliphatic rings. The van der Waals surface area contributed by atoms with Gasteiger partial charge >= 0.3 is 0 Å². The van der Waals surface area contributed by atoms with Crippen molar-refractivity contribution >= 4 is 18.0 Å². The van der Waals surface area contributed by atoms with E-state index in [9.17, 15) is 4.79 Å². The molecule has 0 unspecified atom stereocenters. The molecule has 0 atom stereocenters. The third-order valence-electron chi connectivity index (χ3n) is 1.84. The van der Waals surface area contributed by atoms with Crippen molar-refractivity contribution in [2.24, 2.45) is 0 Å². The van der Waals surface area contributed by atoms with Gasteiger partial charge < -0.3 is 4.79 Å². The Hall–Kier alpha value is -0.0200. The Bertz CT molecular complexity index is 147. The van der Waals surface area contributed by atoms with Gasteiger partial charge in [0.05, 0.1) is 6.54 Å². The largest absolute Gasteiger partial charge is 0.302 e. The summed E-state index contributed by atoms with van der Waals surface area (Å²) >= 11 is 1.99. The van der Waals surface area contributed by atoms with E-state index in [1.54, 1.807) is 0 Å². The van der Waals surface area contributed by atoms with E-state index in [-0.39, 0.29) is 0 Å². The molecular weight excluding hydrogens is 158 g/mol. The van der Waals surface area contributed by atoms with Gasteiger partial charge in [0.1, 0.15) is 6.29 Å². The summed E-state index contributed by atoms with van der Waals surface area (Å²) < 4.78 is 0.335. The van der Waals surface area contributed by atoms with Crippen molar-refractivity contribution in [1.82, 2.24) is 4.90 Å². The van der Waals surface area contributed by atoms with Gasteiger partial charge in [-0.1, -0.05) is 0 Å². The van der Waals surface area contributed by atoms with Gasteiger partial charge in [0.15, 0.2) is 0 Å². The van der Waals surface area contributed by atoms with E-state index in [0.717, 1.165) is 25.1 Å². The summed E-state index contributed by atoms with van der Waals surface area (Å²) in [6.45, 7) is 7.16. The first-order valence-corrected chi connectivity index (χ1v) is 4.92. The number of rotatable bonds is 2. The molecule has 1 rings (SSSR count). The van der Waals surface area contributed by atoms with Crippen molar-refractivity contribution in [3.63, 3.8) is 0 Å². The minimum Gasteiger partial charge on any atom is -0.302 e. The zero-order valence-corrected chi connectivity index (χ0v) is 7.99. The topological polar surface area (TPSA) is 20.3 Å². The lowest BCUT2D eigenvalue weighted by Gasteiger charge is -2.36. The van der Waals surface area contributed by atoms with E-state index in [1.807, 2.05) is 11.8 Å². The molecule has 1 saturated heterocycles. The van der Waals surface area contributed by atoms with E-state index >= 15 is 0 Å². The summed E-state index contributed by atoms with van der Waals surface area (Å²) in [7, 11) is 0. The van der Waals surface area contributed by atoms with Crippen LogP contribution in [0.3, 0.4) is 0 Å². The first-order valence-electron chi connectivity index (χ1n) is 3.94. The standard InChI is InChI=1S/C8H15NOS/c1-8(2)7-9(3-5-10)4-6-11-8/h5H,3-4,6-7H2,1-2H3. The SMILES string of the molecule is CC1(C)CN(CC=O)CCS1. The molecule has 0 bridgehead atoms. The summed E-state index contributed by atoms with van der Waals surface area (Å²) in [5.74, 6) is 1.15. The second-order valence-corrected chi connectivity index (χ2v) is 5.31. The highest BCUT2D eigenvalue weighted by atomic mass is 32.2. The summed E-state index contributed by atoms with van der Waals surface area (Å²) in [5, 5.41) is 0. The van der Waals surface area contributed by atoms with Gasteiger partial charge in [-0.05, 0) is 13.8 Å². The van der Waals surface area contributed by atoms with Crippen molar-refractivity contribution in [3.8, 4) is 0 Å². The maximum absolute atomic E-state index is 10.2. The smallest absolute Gasteiger partial charge is 0.133 e. The molecule has 0 spiro atoms. The van der Waals surface area contributed by atoms with Gasteiger partial charge in [-0.2, -0.15) is 11.8 Å². The molecule has 0 radical (unpaired) electrons. The third-order valence-corrected chi connectivity index (χ3v) is 3.13. The Labute approximate surface area is 72.3 Å². The Morgan fingerprint density at radius 1 is 1.64 bits per heavy atom. The summed E-state index contributed by atoms with van der Waals surface area (Å²) in [6, 6.07) is 0.